The van der Waals surface area contributed by atoms with Crippen LogP contribution in [0.25, 0.3) is 0 Å². The van der Waals surface area contributed by atoms with E-state index in [1.807, 2.05) is 0 Å². The summed E-state index contributed by atoms with van der Waals surface area (Å²) in [6, 6.07) is 2.75. The van der Waals surface area contributed by atoms with Crippen molar-refractivity contribution in [2.24, 2.45) is 0 Å². The monoisotopic (exact) mass is 378 g/mol. The van der Waals surface area contributed by atoms with Gasteiger partial charge in [-0.1, -0.05) is 15.9 Å². The van der Waals surface area contributed by atoms with E-state index in [4.69, 9.17) is 0 Å². The van der Waals surface area contributed by atoms with Gasteiger partial charge in [0.15, 0.2) is 0 Å². The maximum Gasteiger partial charge on any atom is 0.244 e. The molecule has 0 saturated carbocycles. The lowest BCUT2D eigenvalue weighted by Crippen LogP contribution is -2.46. The lowest BCUT2D eigenvalue weighted by Gasteiger charge is -2.21. The Hall–Kier alpha value is -0.990. The maximum atomic E-state index is 13.8. The van der Waals surface area contributed by atoms with Crippen molar-refractivity contribution >= 4 is 31.9 Å². The fourth-order valence-corrected chi connectivity index (χ4v) is 3.84. The molecule has 0 aromatic heterocycles. The molecule has 2 rings (SSSR count). The number of benzene rings is 1. The summed E-state index contributed by atoms with van der Waals surface area (Å²) in [6.07, 6.45) is 1.85. The molecule has 0 radical (unpaired) electrons. The molecule has 116 valence electrons. The number of nitrogens with one attached hydrogen (secondary N) is 1. The van der Waals surface area contributed by atoms with E-state index in [0.717, 1.165) is 25.0 Å². The number of amides is 1. The van der Waals surface area contributed by atoms with Crippen molar-refractivity contribution in [2.45, 2.75) is 30.7 Å². The number of nitrogens with zero attached hydrogens (tertiary/aromatic N) is 1. The summed E-state index contributed by atoms with van der Waals surface area (Å²) in [5, 5.41) is 0. The topological polar surface area (TPSA) is 66.5 Å². The Morgan fingerprint density at radius 1 is 1.38 bits per heavy atom. The van der Waals surface area contributed by atoms with E-state index in [1.165, 1.54) is 13.0 Å². The molecule has 1 aromatic carbocycles. The van der Waals surface area contributed by atoms with Crippen molar-refractivity contribution < 1.29 is 17.6 Å². The van der Waals surface area contributed by atoms with Crippen molar-refractivity contribution in [2.75, 3.05) is 13.1 Å². The standard InChI is InChI=1S/C13H16BrFN2O3S/c1-9(13(18)17-6-2-3-7-17)16-21(19,20)12-5-4-10(14)8-11(12)15/h4-5,8-9,16H,2-3,6-7H2,1H3. The Morgan fingerprint density at radius 3 is 2.57 bits per heavy atom. The minimum atomic E-state index is -4.07. The van der Waals surface area contributed by atoms with E-state index in [1.54, 1.807) is 4.90 Å². The predicted molar refractivity (Wildman–Crippen MR) is 79.7 cm³/mol. The molecule has 21 heavy (non-hydrogen) atoms. The van der Waals surface area contributed by atoms with Crippen molar-refractivity contribution in [1.82, 2.24) is 9.62 Å². The zero-order valence-corrected chi connectivity index (χ0v) is 13.9. The highest BCUT2D eigenvalue weighted by Gasteiger charge is 2.28. The SMILES string of the molecule is CC(NS(=O)(=O)c1ccc(Br)cc1F)C(=O)N1CCCC1. The van der Waals surface area contributed by atoms with E-state index in [2.05, 4.69) is 20.7 Å². The number of hydrogen-bond donors (Lipinski definition) is 1. The second kappa shape index (κ2) is 6.41. The van der Waals surface area contributed by atoms with Crippen molar-refractivity contribution in [3.63, 3.8) is 0 Å². The molecule has 1 aromatic rings. The fourth-order valence-electron chi connectivity index (χ4n) is 2.25. The van der Waals surface area contributed by atoms with E-state index < -0.39 is 26.8 Å². The lowest BCUT2D eigenvalue weighted by atomic mass is 10.3. The lowest BCUT2D eigenvalue weighted by molar-refractivity contribution is -0.131. The highest BCUT2D eigenvalue weighted by atomic mass is 79.9. The van der Waals surface area contributed by atoms with Gasteiger partial charge in [-0.05, 0) is 38.0 Å². The predicted octanol–water partition coefficient (Wildman–Crippen LogP) is 1.88. The van der Waals surface area contributed by atoms with Gasteiger partial charge in [-0.3, -0.25) is 4.79 Å². The Balaban J connectivity index is 2.14. The minimum Gasteiger partial charge on any atom is -0.341 e. The molecule has 1 aliphatic heterocycles. The van der Waals surface area contributed by atoms with Gasteiger partial charge in [0.25, 0.3) is 0 Å². The molecule has 0 bridgehead atoms. The quantitative estimate of drug-likeness (QED) is 0.869. The molecule has 0 aliphatic carbocycles. The molecule has 8 heteroatoms. The van der Waals surface area contributed by atoms with Gasteiger partial charge in [-0.15, -0.1) is 0 Å². The fraction of sp³-hybridized carbons (Fsp3) is 0.462. The van der Waals surface area contributed by atoms with Crippen molar-refractivity contribution in [1.29, 1.82) is 0 Å². The smallest absolute Gasteiger partial charge is 0.244 e. The molecule has 1 atom stereocenters. The van der Waals surface area contributed by atoms with Crippen LogP contribution in [0.1, 0.15) is 19.8 Å². The summed E-state index contributed by atoms with van der Waals surface area (Å²) in [7, 11) is -4.07. The van der Waals surface area contributed by atoms with Crippen LogP contribution in [0.4, 0.5) is 4.39 Å². The van der Waals surface area contributed by atoms with E-state index in [0.29, 0.717) is 17.6 Å². The third-order valence-electron chi connectivity index (χ3n) is 3.30. The van der Waals surface area contributed by atoms with Crippen LogP contribution in [0.2, 0.25) is 0 Å². The largest absolute Gasteiger partial charge is 0.341 e. The normalized spacial score (nSPS) is 17.0. The van der Waals surface area contributed by atoms with Gasteiger partial charge in [0.2, 0.25) is 15.9 Å². The number of sulfonamides is 1. The van der Waals surface area contributed by atoms with Crippen LogP contribution in [0.15, 0.2) is 27.6 Å². The van der Waals surface area contributed by atoms with Gasteiger partial charge in [-0.25, -0.2) is 12.8 Å². The van der Waals surface area contributed by atoms with Crippen LogP contribution >= 0.6 is 15.9 Å². The van der Waals surface area contributed by atoms with Crippen LogP contribution in [0.5, 0.6) is 0 Å². The Morgan fingerprint density at radius 2 is 2.00 bits per heavy atom. The number of rotatable bonds is 4. The van der Waals surface area contributed by atoms with E-state index in [-0.39, 0.29) is 5.91 Å². The van der Waals surface area contributed by atoms with Crippen molar-refractivity contribution in [3.05, 3.63) is 28.5 Å². The number of carbonyl (C=O) groups is 1. The van der Waals surface area contributed by atoms with E-state index >= 15 is 0 Å². The number of hydrogen-bond acceptors (Lipinski definition) is 3. The molecule has 1 unspecified atom stereocenters. The molecule has 0 spiro atoms. The third-order valence-corrected chi connectivity index (χ3v) is 5.37. The first-order valence-electron chi connectivity index (χ1n) is 6.57. The number of halogens is 2. The highest BCUT2D eigenvalue weighted by molar-refractivity contribution is 9.10. The van der Waals surface area contributed by atoms with Gasteiger partial charge < -0.3 is 4.90 Å². The molecule has 1 heterocycles. The average molecular weight is 379 g/mol. The van der Waals surface area contributed by atoms with Crippen LogP contribution in [0.3, 0.4) is 0 Å². The minimum absolute atomic E-state index is 0.284. The molecule has 5 nitrogen and oxygen atoms in total. The Bertz CT molecular complexity index is 645. The first-order chi connectivity index (χ1) is 9.81. The summed E-state index contributed by atoms with van der Waals surface area (Å²) in [5.41, 5.74) is 0. The summed E-state index contributed by atoms with van der Waals surface area (Å²) in [6.45, 7) is 2.74. The molecule has 1 aliphatic rings. The second-order valence-electron chi connectivity index (χ2n) is 4.95. The molecular weight excluding hydrogens is 363 g/mol. The maximum absolute atomic E-state index is 13.8. The van der Waals surface area contributed by atoms with Crippen LogP contribution < -0.4 is 4.72 Å². The first kappa shape index (κ1) is 16.4. The summed E-state index contributed by atoms with van der Waals surface area (Å²) < 4.78 is 40.7. The van der Waals surface area contributed by atoms with Gasteiger partial charge in [0.1, 0.15) is 10.7 Å². The molecule has 1 fully saturated rings. The van der Waals surface area contributed by atoms with Crippen LogP contribution in [-0.4, -0.2) is 38.4 Å². The highest BCUT2D eigenvalue weighted by Crippen LogP contribution is 2.20. The molecule has 1 amide bonds. The zero-order valence-electron chi connectivity index (χ0n) is 11.5. The van der Waals surface area contributed by atoms with Crippen LogP contribution in [0, 0.1) is 5.82 Å². The molecule has 1 N–H and O–H groups in total. The van der Waals surface area contributed by atoms with Gasteiger partial charge in [0, 0.05) is 17.6 Å². The first-order valence-corrected chi connectivity index (χ1v) is 8.85. The average Bonchev–Trinajstić information content (AvgIpc) is 2.90. The molecule has 1 saturated heterocycles. The summed E-state index contributed by atoms with van der Waals surface area (Å²) in [5.74, 6) is -1.15. The Kier molecular flexibility index (Phi) is 5.00. The van der Waals surface area contributed by atoms with Crippen LogP contribution in [-0.2, 0) is 14.8 Å². The molecular formula is C13H16BrFN2O3S. The van der Waals surface area contributed by atoms with Gasteiger partial charge in [0.05, 0.1) is 6.04 Å². The van der Waals surface area contributed by atoms with Crippen molar-refractivity contribution in [3.8, 4) is 0 Å². The summed E-state index contributed by atoms with van der Waals surface area (Å²) in [4.78, 5) is 13.2. The van der Waals surface area contributed by atoms with Gasteiger partial charge in [-0.2, -0.15) is 4.72 Å². The number of carbonyl (C=O) groups excluding carboxylic acids is 1. The second-order valence-corrected chi connectivity index (χ2v) is 7.55. The zero-order chi connectivity index (χ0) is 15.6. The third kappa shape index (κ3) is 3.81. The Labute approximate surface area is 131 Å². The summed E-state index contributed by atoms with van der Waals surface area (Å²) >= 11 is 3.07. The van der Waals surface area contributed by atoms with E-state index in [9.17, 15) is 17.6 Å². The van der Waals surface area contributed by atoms with Gasteiger partial charge >= 0.3 is 0 Å². The number of likely N-dealkylation sites (tertiary alicyclic amines) is 1.